The Kier molecular flexibility index (Phi) is 6.18. The number of rotatable bonds is 7. The molecule has 3 aromatic rings. The second-order valence-corrected chi connectivity index (χ2v) is 6.22. The van der Waals surface area contributed by atoms with Crippen LogP contribution in [0.2, 0.25) is 0 Å². The standard InChI is InChI=1S/C19H15F4N5O3/c20-11-1-5-13(6-2-11)28-17(19(21,22)23)16(26-27-28)18(30)25-12-3-7-14(8-4-12)31-10-9-15(24)29/h1-8H,9-10H2,(H2,24,29)(H,25,30). The lowest BCUT2D eigenvalue weighted by atomic mass is 10.2. The SMILES string of the molecule is NC(=O)CCOc1ccc(NC(=O)c2nnn(-c3ccc(F)cc3)c2C(F)(F)F)cc1. The molecule has 8 nitrogen and oxygen atoms in total. The first-order chi connectivity index (χ1) is 14.6. The highest BCUT2D eigenvalue weighted by Gasteiger charge is 2.42. The minimum atomic E-state index is -4.96. The molecule has 0 spiro atoms. The molecule has 0 saturated heterocycles. The third kappa shape index (κ3) is 5.35. The van der Waals surface area contributed by atoms with Crippen molar-refractivity contribution in [3.63, 3.8) is 0 Å². The fourth-order valence-corrected chi connectivity index (χ4v) is 2.55. The average molecular weight is 437 g/mol. The van der Waals surface area contributed by atoms with Gasteiger partial charge in [0, 0.05) is 5.69 Å². The fraction of sp³-hybridized carbons (Fsp3) is 0.158. The summed E-state index contributed by atoms with van der Waals surface area (Å²) in [6.45, 7) is 0.0580. The summed E-state index contributed by atoms with van der Waals surface area (Å²) in [6.07, 6.45) is -4.94. The molecular weight excluding hydrogens is 422 g/mol. The normalized spacial score (nSPS) is 11.2. The molecular formula is C19H15F4N5O3. The van der Waals surface area contributed by atoms with Crippen LogP contribution < -0.4 is 15.8 Å². The summed E-state index contributed by atoms with van der Waals surface area (Å²) < 4.78 is 59.7. The lowest BCUT2D eigenvalue weighted by Crippen LogP contribution is -2.21. The highest BCUT2D eigenvalue weighted by atomic mass is 19.4. The fourth-order valence-electron chi connectivity index (χ4n) is 2.55. The summed E-state index contributed by atoms with van der Waals surface area (Å²) in [5.41, 5.74) is 2.72. The van der Waals surface area contributed by atoms with E-state index in [2.05, 4.69) is 15.6 Å². The van der Waals surface area contributed by atoms with E-state index >= 15 is 0 Å². The summed E-state index contributed by atoms with van der Waals surface area (Å²) >= 11 is 0. The lowest BCUT2D eigenvalue weighted by molar-refractivity contribution is -0.143. The number of carbonyl (C=O) groups is 2. The van der Waals surface area contributed by atoms with Crippen molar-refractivity contribution in [1.29, 1.82) is 0 Å². The van der Waals surface area contributed by atoms with Gasteiger partial charge in [-0.3, -0.25) is 9.59 Å². The second kappa shape index (κ2) is 8.81. The van der Waals surface area contributed by atoms with Crippen LogP contribution in [0.25, 0.3) is 5.69 Å². The first-order valence-electron chi connectivity index (χ1n) is 8.76. The van der Waals surface area contributed by atoms with Gasteiger partial charge in [0.1, 0.15) is 11.6 Å². The highest BCUT2D eigenvalue weighted by Crippen LogP contribution is 2.33. The quantitative estimate of drug-likeness (QED) is 0.552. The summed E-state index contributed by atoms with van der Waals surface area (Å²) in [4.78, 5) is 23.1. The molecule has 2 aromatic carbocycles. The molecule has 162 valence electrons. The molecule has 0 bridgehead atoms. The third-order valence-corrected chi connectivity index (χ3v) is 3.95. The first kappa shape index (κ1) is 21.7. The van der Waals surface area contributed by atoms with Crippen LogP contribution in [0, 0.1) is 5.82 Å². The number of hydrogen-bond donors (Lipinski definition) is 2. The Balaban J connectivity index is 1.80. The number of benzene rings is 2. The summed E-state index contributed by atoms with van der Waals surface area (Å²) in [5.74, 6) is -1.93. The van der Waals surface area contributed by atoms with Gasteiger partial charge in [0.15, 0.2) is 11.4 Å². The minimum Gasteiger partial charge on any atom is -0.493 e. The molecule has 3 N–H and O–H groups in total. The number of halogens is 4. The van der Waals surface area contributed by atoms with E-state index in [-0.39, 0.29) is 24.4 Å². The Morgan fingerprint density at radius 1 is 1.06 bits per heavy atom. The van der Waals surface area contributed by atoms with Crippen molar-refractivity contribution in [2.24, 2.45) is 5.73 Å². The number of nitrogens with two attached hydrogens (primary N) is 1. The van der Waals surface area contributed by atoms with E-state index in [1.807, 2.05) is 0 Å². The number of anilines is 1. The number of carbonyl (C=O) groups excluding carboxylic acids is 2. The van der Waals surface area contributed by atoms with Crippen molar-refractivity contribution in [3.05, 3.63) is 65.7 Å². The van der Waals surface area contributed by atoms with Crippen molar-refractivity contribution in [2.75, 3.05) is 11.9 Å². The summed E-state index contributed by atoms with van der Waals surface area (Å²) in [7, 11) is 0. The number of alkyl halides is 3. The van der Waals surface area contributed by atoms with Crippen molar-refractivity contribution in [1.82, 2.24) is 15.0 Å². The van der Waals surface area contributed by atoms with Crippen LogP contribution >= 0.6 is 0 Å². The third-order valence-electron chi connectivity index (χ3n) is 3.95. The zero-order valence-electron chi connectivity index (χ0n) is 15.7. The first-order valence-corrected chi connectivity index (χ1v) is 8.76. The van der Waals surface area contributed by atoms with Crippen molar-refractivity contribution in [3.8, 4) is 11.4 Å². The molecule has 0 aliphatic rings. The minimum absolute atomic E-state index is 0.0163. The number of primary amides is 1. The van der Waals surface area contributed by atoms with E-state index in [1.54, 1.807) is 0 Å². The van der Waals surface area contributed by atoms with Crippen LogP contribution in [-0.4, -0.2) is 33.4 Å². The van der Waals surface area contributed by atoms with Crippen LogP contribution in [0.1, 0.15) is 22.6 Å². The van der Waals surface area contributed by atoms with Gasteiger partial charge in [0.25, 0.3) is 5.91 Å². The summed E-state index contributed by atoms with van der Waals surface area (Å²) in [6, 6.07) is 9.79. The number of nitrogens with one attached hydrogen (secondary N) is 1. The molecule has 0 aliphatic heterocycles. The van der Waals surface area contributed by atoms with Crippen LogP contribution in [0.3, 0.4) is 0 Å². The Hall–Kier alpha value is -3.96. The Morgan fingerprint density at radius 3 is 2.29 bits per heavy atom. The maximum atomic E-state index is 13.6. The summed E-state index contributed by atoms with van der Waals surface area (Å²) in [5, 5.41) is 9.09. The van der Waals surface area contributed by atoms with Gasteiger partial charge in [-0.05, 0) is 48.5 Å². The number of hydrogen-bond acceptors (Lipinski definition) is 5. The molecule has 0 radical (unpaired) electrons. The lowest BCUT2D eigenvalue weighted by Gasteiger charge is -2.11. The second-order valence-electron chi connectivity index (χ2n) is 6.22. The molecule has 31 heavy (non-hydrogen) atoms. The predicted octanol–water partition coefficient (Wildman–Crippen LogP) is 2.93. The largest absolute Gasteiger partial charge is 0.493 e. The number of ether oxygens (including phenoxy) is 1. The smallest absolute Gasteiger partial charge is 0.435 e. The molecule has 0 unspecified atom stereocenters. The van der Waals surface area contributed by atoms with Crippen molar-refractivity contribution in [2.45, 2.75) is 12.6 Å². The molecule has 0 fully saturated rings. The van der Waals surface area contributed by atoms with Crippen LogP contribution in [0.5, 0.6) is 5.75 Å². The Labute approximate surface area is 172 Å². The Morgan fingerprint density at radius 2 is 1.71 bits per heavy atom. The van der Waals surface area contributed by atoms with Gasteiger partial charge in [0.2, 0.25) is 5.91 Å². The maximum absolute atomic E-state index is 13.6. The topological polar surface area (TPSA) is 112 Å². The number of amides is 2. The number of nitrogens with zero attached hydrogens (tertiary/aromatic N) is 3. The van der Waals surface area contributed by atoms with Gasteiger partial charge in [-0.15, -0.1) is 5.10 Å². The highest BCUT2D eigenvalue weighted by molar-refractivity contribution is 6.03. The molecule has 0 aliphatic carbocycles. The van der Waals surface area contributed by atoms with Gasteiger partial charge in [-0.2, -0.15) is 13.2 Å². The van der Waals surface area contributed by atoms with Crippen molar-refractivity contribution >= 4 is 17.5 Å². The Bertz CT molecular complexity index is 1080. The van der Waals surface area contributed by atoms with E-state index in [9.17, 15) is 27.2 Å². The molecule has 0 atom stereocenters. The van der Waals surface area contributed by atoms with Crippen LogP contribution in [-0.2, 0) is 11.0 Å². The van der Waals surface area contributed by atoms with E-state index < -0.39 is 35.2 Å². The molecule has 2 amide bonds. The van der Waals surface area contributed by atoms with E-state index in [0.29, 0.717) is 10.4 Å². The monoisotopic (exact) mass is 437 g/mol. The van der Waals surface area contributed by atoms with E-state index in [0.717, 1.165) is 24.3 Å². The van der Waals surface area contributed by atoms with Crippen LogP contribution in [0.4, 0.5) is 23.2 Å². The van der Waals surface area contributed by atoms with Gasteiger partial charge in [-0.25, -0.2) is 9.07 Å². The van der Waals surface area contributed by atoms with Gasteiger partial charge >= 0.3 is 6.18 Å². The van der Waals surface area contributed by atoms with Gasteiger partial charge < -0.3 is 15.8 Å². The van der Waals surface area contributed by atoms with Crippen molar-refractivity contribution < 1.29 is 31.9 Å². The maximum Gasteiger partial charge on any atom is 0.435 e. The average Bonchev–Trinajstić information content (AvgIpc) is 3.15. The zero-order valence-corrected chi connectivity index (χ0v) is 15.7. The molecule has 0 saturated carbocycles. The van der Waals surface area contributed by atoms with Crippen LogP contribution in [0.15, 0.2) is 48.5 Å². The molecule has 1 heterocycles. The molecule has 12 heteroatoms. The molecule has 3 rings (SSSR count). The van der Waals surface area contributed by atoms with Gasteiger partial charge in [-0.1, -0.05) is 5.21 Å². The predicted molar refractivity (Wildman–Crippen MR) is 100 cm³/mol. The van der Waals surface area contributed by atoms with Gasteiger partial charge in [0.05, 0.1) is 18.7 Å². The number of aromatic nitrogens is 3. The molecule has 1 aromatic heterocycles. The zero-order chi connectivity index (χ0) is 22.6. The van der Waals surface area contributed by atoms with E-state index in [1.165, 1.54) is 24.3 Å². The van der Waals surface area contributed by atoms with E-state index in [4.69, 9.17) is 10.5 Å².